The Kier molecular flexibility index (Phi) is 3.46. The first-order valence-electron chi connectivity index (χ1n) is 5.93. The van der Waals surface area contributed by atoms with Crippen molar-refractivity contribution in [1.29, 1.82) is 0 Å². The molecule has 0 bridgehead atoms. The maximum absolute atomic E-state index is 12.0. The number of aromatic nitrogens is 1. The van der Waals surface area contributed by atoms with Gasteiger partial charge in [-0.25, -0.2) is 4.98 Å². The van der Waals surface area contributed by atoms with Crippen LogP contribution in [0.25, 0.3) is 0 Å². The molecule has 5 nitrogen and oxygen atoms in total. The second-order valence-electron chi connectivity index (χ2n) is 4.38. The van der Waals surface area contributed by atoms with Crippen LogP contribution in [0.1, 0.15) is 19.8 Å². The molecule has 0 spiro atoms. The van der Waals surface area contributed by atoms with Crippen molar-refractivity contribution in [1.82, 2.24) is 9.88 Å². The van der Waals surface area contributed by atoms with Gasteiger partial charge in [0.05, 0.1) is 11.9 Å². The van der Waals surface area contributed by atoms with E-state index >= 15 is 0 Å². The number of pyridine rings is 1. The van der Waals surface area contributed by atoms with Crippen molar-refractivity contribution >= 4 is 17.4 Å². The zero-order chi connectivity index (χ0) is 12.3. The summed E-state index contributed by atoms with van der Waals surface area (Å²) >= 11 is 0. The number of amides is 1. The summed E-state index contributed by atoms with van der Waals surface area (Å²) in [6.45, 7) is 3.61. The van der Waals surface area contributed by atoms with Gasteiger partial charge in [-0.2, -0.15) is 0 Å². The molecule has 0 radical (unpaired) electrons. The van der Waals surface area contributed by atoms with Crippen molar-refractivity contribution in [3.63, 3.8) is 0 Å². The normalized spacial score (nSPS) is 16.9. The van der Waals surface area contributed by atoms with E-state index in [0.29, 0.717) is 11.5 Å². The summed E-state index contributed by atoms with van der Waals surface area (Å²) in [4.78, 5) is 18.0. The third-order valence-electron chi connectivity index (χ3n) is 2.94. The maximum Gasteiger partial charge on any atom is 0.244 e. The Morgan fingerprint density at radius 3 is 2.76 bits per heavy atom. The van der Waals surface area contributed by atoms with Gasteiger partial charge >= 0.3 is 0 Å². The van der Waals surface area contributed by atoms with Gasteiger partial charge in [0, 0.05) is 13.1 Å². The molecule has 1 saturated heterocycles. The van der Waals surface area contributed by atoms with Crippen molar-refractivity contribution in [3.8, 4) is 0 Å². The van der Waals surface area contributed by atoms with Gasteiger partial charge in [-0.1, -0.05) is 0 Å². The minimum absolute atomic E-state index is 0.140. The third-order valence-corrected chi connectivity index (χ3v) is 2.94. The molecule has 1 unspecified atom stereocenters. The van der Waals surface area contributed by atoms with Crippen LogP contribution in [0.2, 0.25) is 0 Å². The summed E-state index contributed by atoms with van der Waals surface area (Å²) in [5.41, 5.74) is 6.17. The van der Waals surface area contributed by atoms with Crippen LogP contribution in [0.3, 0.4) is 0 Å². The lowest BCUT2D eigenvalue weighted by Crippen LogP contribution is -2.39. The fraction of sp³-hybridized carbons (Fsp3) is 0.500. The zero-order valence-corrected chi connectivity index (χ0v) is 10.0. The Hall–Kier alpha value is -1.78. The number of nitrogens with zero attached hydrogens (tertiary/aromatic N) is 2. The van der Waals surface area contributed by atoms with Gasteiger partial charge < -0.3 is 16.0 Å². The smallest absolute Gasteiger partial charge is 0.244 e. The lowest BCUT2D eigenvalue weighted by atomic mass is 10.3. The number of rotatable bonds is 3. The highest BCUT2D eigenvalue weighted by atomic mass is 16.2. The number of likely N-dealkylation sites (tertiary alicyclic amines) is 1. The molecule has 1 aromatic heterocycles. The van der Waals surface area contributed by atoms with E-state index in [9.17, 15) is 4.79 Å². The molecule has 1 aliphatic rings. The molecule has 0 aromatic carbocycles. The monoisotopic (exact) mass is 234 g/mol. The van der Waals surface area contributed by atoms with Crippen LogP contribution in [-0.4, -0.2) is 34.9 Å². The van der Waals surface area contributed by atoms with Crippen LogP contribution in [0, 0.1) is 0 Å². The van der Waals surface area contributed by atoms with E-state index < -0.39 is 0 Å². The van der Waals surface area contributed by atoms with E-state index in [1.165, 1.54) is 0 Å². The minimum atomic E-state index is -0.246. The SMILES string of the molecule is CC(Nc1ccc(N)cn1)C(=O)N1CCCC1. The third kappa shape index (κ3) is 2.87. The number of nitrogens with one attached hydrogen (secondary N) is 1. The standard InChI is InChI=1S/C12H18N4O/c1-9(12(17)16-6-2-3-7-16)15-11-5-4-10(13)8-14-11/h4-5,8-9H,2-3,6-7,13H2,1H3,(H,14,15). The van der Waals surface area contributed by atoms with Crippen LogP contribution >= 0.6 is 0 Å². The van der Waals surface area contributed by atoms with E-state index in [1.54, 1.807) is 18.3 Å². The molecule has 0 aliphatic carbocycles. The quantitative estimate of drug-likeness (QED) is 0.821. The van der Waals surface area contributed by atoms with E-state index in [0.717, 1.165) is 25.9 Å². The number of carbonyl (C=O) groups is 1. The fourth-order valence-electron chi connectivity index (χ4n) is 1.99. The van der Waals surface area contributed by atoms with Crippen LogP contribution in [0.4, 0.5) is 11.5 Å². The summed E-state index contributed by atoms with van der Waals surface area (Å²) in [7, 11) is 0. The average Bonchev–Trinajstić information content (AvgIpc) is 2.84. The Morgan fingerprint density at radius 1 is 1.47 bits per heavy atom. The zero-order valence-electron chi connectivity index (χ0n) is 10.0. The number of hydrogen-bond donors (Lipinski definition) is 2. The molecule has 1 aliphatic heterocycles. The van der Waals surface area contributed by atoms with Gasteiger partial charge in [-0.3, -0.25) is 4.79 Å². The molecule has 2 rings (SSSR count). The Labute approximate surface area is 101 Å². The topological polar surface area (TPSA) is 71.2 Å². The second-order valence-corrected chi connectivity index (χ2v) is 4.38. The molecular weight excluding hydrogens is 216 g/mol. The Morgan fingerprint density at radius 2 is 2.18 bits per heavy atom. The van der Waals surface area contributed by atoms with E-state index in [4.69, 9.17) is 5.73 Å². The number of nitrogens with two attached hydrogens (primary N) is 1. The van der Waals surface area contributed by atoms with Gasteiger partial charge in [0.1, 0.15) is 11.9 Å². The van der Waals surface area contributed by atoms with E-state index in [1.807, 2.05) is 11.8 Å². The predicted octanol–water partition coefficient (Wildman–Crippen LogP) is 1.09. The van der Waals surface area contributed by atoms with Crippen molar-refractivity contribution in [3.05, 3.63) is 18.3 Å². The molecule has 1 fully saturated rings. The molecule has 3 N–H and O–H groups in total. The van der Waals surface area contributed by atoms with Gasteiger partial charge in [-0.15, -0.1) is 0 Å². The lowest BCUT2D eigenvalue weighted by Gasteiger charge is -2.21. The summed E-state index contributed by atoms with van der Waals surface area (Å²) in [5.74, 6) is 0.820. The van der Waals surface area contributed by atoms with Crippen molar-refractivity contribution < 1.29 is 4.79 Å². The van der Waals surface area contributed by atoms with Gasteiger partial charge in [0.15, 0.2) is 0 Å². The van der Waals surface area contributed by atoms with Gasteiger partial charge in [0.2, 0.25) is 5.91 Å². The second kappa shape index (κ2) is 5.03. The van der Waals surface area contributed by atoms with Gasteiger partial charge in [-0.05, 0) is 31.9 Å². The molecule has 5 heteroatoms. The summed E-state index contributed by atoms with van der Waals surface area (Å²) in [6, 6.07) is 3.30. The first-order valence-corrected chi connectivity index (χ1v) is 5.93. The highest BCUT2D eigenvalue weighted by Gasteiger charge is 2.23. The van der Waals surface area contributed by atoms with Crippen LogP contribution in [0.5, 0.6) is 0 Å². The fourth-order valence-corrected chi connectivity index (χ4v) is 1.99. The van der Waals surface area contributed by atoms with Crippen LogP contribution in [0.15, 0.2) is 18.3 Å². The summed E-state index contributed by atoms with van der Waals surface area (Å²) in [5, 5.41) is 3.09. The predicted molar refractivity (Wildman–Crippen MR) is 67.5 cm³/mol. The van der Waals surface area contributed by atoms with Gasteiger partial charge in [0.25, 0.3) is 0 Å². The maximum atomic E-state index is 12.0. The Bertz CT molecular complexity index is 384. The number of anilines is 2. The van der Waals surface area contributed by atoms with Crippen LogP contribution in [-0.2, 0) is 4.79 Å². The molecule has 1 aromatic rings. The van der Waals surface area contributed by atoms with Crippen LogP contribution < -0.4 is 11.1 Å². The summed E-state index contributed by atoms with van der Waals surface area (Å²) in [6.07, 6.45) is 3.80. The molecular formula is C12H18N4O. The Balaban J connectivity index is 1.93. The highest BCUT2D eigenvalue weighted by Crippen LogP contribution is 2.12. The largest absolute Gasteiger partial charge is 0.397 e. The number of nitrogen functional groups attached to an aromatic ring is 1. The molecule has 1 atom stereocenters. The molecule has 17 heavy (non-hydrogen) atoms. The number of carbonyl (C=O) groups excluding carboxylic acids is 1. The van der Waals surface area contributed by atoms with Crippen molar-refractivity contribution in [2.45, 2.75) is 25.8 Å². The lowest BCUT2D eigenvalue weighted by molar-refractivity contribution is -0.130. The average molecular weight is 234 g/mol. The molecule has 0 saturated carbocycles. The first kappa shape index (κ1) is 11.7. The van der Waals surface area contributed by atoms with E-state index in [-0.39, 0.29) is 11.9 Å². The highest BCUT2D eigenvalue weighted by molar-refractivity contribution is 5.84. The molecule has 92 valence electrons. The van der Waals surface area contributed by atoms with Crippen molar-refractivity contribution in [2.75, 3.05) is 24.1 Å². The summed E-state index contributed by atoms with van der Waals surface area (Å²) < 4.78 is 0. The number of hydrogen-bond acceptors (Lipinski definition) is 4. The minimum Gasteiger partial charge on any atom is -0.397 e. The van der Waals surface area contributed by atoms with Crippen molar-refractivity contribution in [2.24, 2.45) is 0 Å². The first-order chi connectivity index (χ1) is 8.16. The molecule has 2 heterocycles. The molecule has 1 amide bonds. The van der Waals surface area contributed by atoms with E-state index in [2.05, 4.69) is 10.3 Å².